The number of carboxylic acid groups (broad SMARTS) is 1. The van der Waals surface area contributed by atoms with Gasteiger partial charge in [-0.2, -0.15) is 0 Å². The molecule has 1 N–H and O–H groups in total. The first kappa shape index (κ1) is 13.4. The smallest absolute Gasteiger partial charge is 0.349 e. The first-order chi connectivity index (χ1) is 8.60. The molecule has 1 fully saturated rings. The molecule has 1 aromatic heterocycles. The minimum absolute atomic E-state index is 0.193. The Morgan fingerprint density at radius 1 is 1.44 bits per heavy atom. The van der Waals surface area contributed by atoms with Crippen LogP contribution in [-0.4, -0.2) is 17.2 Å². The summed E-state index contributed by atoms with van der Waals surface area (Å²) in [6.07, 6.45) is 5.49. The highest BCUT2D eigenvalue weighted by Gasteiger charge is 2.23. The fourth-order valence-corrected chi connectivity index (χ4v) is 3.23. The van der Waals surface area contributed by atoms with Crippen LogP contribution in [0.1, 0.15) is 54.1 Å². The van der Waals surface area contributed by atoms with E-state index in [0.717, 1.165) is 30.1 Å². The van der Waals surface area contributed by atoms with Crippen LogP contribution >= 0.6 is 11.3 Å². The van der Waals surface area contributed by atoms with Gasteiger partial charge >= 0.3 is 5.97 Å². The average molecular weight is 268 g/mol. The van der Waals surface area contributed by atoms with Crippen LogP contribution in [0.4, 0.5) is 0 Å². The highest BCUT2D eigenvalue weighted by Crippen LogP contribution is 2.33. The molecule has 0 spiro atoms. The van der Waals surface area contributed by atoms with Gasteiger partial charge in [-0.15, -0.1) is 11.3 Å². The average Bonchev–Trinajstić information content (AvgIpc) is 2.75. The van der Waals surface area contributed by atoms with E-state index in [2.05, 4.69) is 6.92 Å². The second-order valence-corrected chi connectivity index (χ2v) is 6.20. The van der Waals surface area contributed by atoms with Gasteiger partial charge in [-0.25, -0.2) is 4.79 Å². The van der Waals surface area contributed by atoms with Crippen LogP contribution in [0.25, 0.3) is 0 Å². The quantitative estimate of drug-likeness (QED) is 0.898. The molecular weight excluding hydrogens is 248 g/mol. The van der Waals surface area contributed by atoms with Crippen molar-refractivity contribution in [1.29, 1.82) is 0 Å². The molecule has 0 unspecified atom stereocenters. The van der Waals surface area contributed by atoms with Gasteiger partial charge < -0.3 is 9.84 Å². The number of hydrogen-bond donors (Lipinski definition) is 1. The molecule has 1 aliphatic carbocycles. The molecule has 1 heterocycles. The zero-order chi connectivity index (χ0) is 13.1. The molecule has 0 aromatic carbocycles. The van der Waals surface area contributed by atoms with E-state index in [-0.39, 0.29) is 6.10 Å². The van der Waals surface area contributed by atoms with Crippen molar-refractivity contribution in [2.24, 2.45) is 5.92 Å². The van der Waals surface area contributed by atoms with Gasteiger partial charge in [0.2, 0.25) is 0 Å². The number of carboxylic acids is 1. The number of ether oxygens (including phenoxy) is 1. The van der Waals surface area contributed by atoms with Crippen molar-refractivity contribution in [1.82, 2.24) is 0 Å². The van der Waals surface area contributed by atoms with Crippen molar-refractivity contribution in [3.05, 3.63) is 15.8 Å². The first-order valence-corrected chi connectivity index (χ1v) is 7.44. The van der Waals surface area contributed by atoms with Gasteiger partial charge in [-0.1, -0.05) is 13.8 Å². The van der Waals surface area contributed by atoms with E-state index in [0.29, 0.717) is 10.6 Å². The highest BCUT2D eigenvalue weighted by atomic mass is 32.1. The second-order valence-electron chi connectivity index (χ2n) is 5.06. The van der Waals surface area contributed by atoms with Crippen molar-refractivity contribution in [2.45, 2.75) is 52.1 Å². The zero-order valence-corrected chi connectivity index (χ0v) is 11.8. The molecule has 0 radical (unpaired) electrons. The Labute approximate surface area is 112 Å². The predicted octanol–water partition coefficient (Wildman–Crippen LogP) is 3.97. The van der Waals surface area contributed by atoms with Crippen LogP contribution in [0.5, 0.6) is 5.75 Å². The van der Waals surface area contributed by atoms with E-state index >= 15 is 0 Å². The van der Waals surface area contributed by atoms with Crippen LogP contribution < -0.4 is 4.74 Å². The molecule has 0 amide bonds. The third kappa shape index (κ3) is 3.05. The summed E-state index contributed by atoms with van der Waals surface area (Å²) in [5, 5.41) is 9.18. The lowest BCUT2D eigenvalue weighted by Crippen LogP contribution is -2.23. The number of aryl methyl sites for hydroxylation is 1. The topological polar surface area (TPSA) is 46.5 Å². The van der Waals surface area contributed by atoms with Gasteiger partial charge in [0.05, 0.1) is 6.10 Å². The van der Waals surface area contributed by atoms with Crippen molar-refractivity contribution >= 4 is 17.3 Å². The summed E-state index contributed by atoms with van der Waals surface area (Å²) in [6.45, 7) is 4.29. The van der Waals surface area contributed by atoms with Crippen molar-refractivity contribution < 1.29 is 14.6 Å². The molecule has 1 aliphatic rings. The van der Waals surface area contributed by atoms with Crippen molar-refractivity contribution in [2.75, 3.05) is 0 Å². The Bertz CT molecular complexity index is 417. The lowest BCUT2D eigenvalue weighted by molar-refractivity contribution is 0.0690. The fraction of sp³-hybridized carbons (Fsp3) is 0.643. The normalized spacial score (nSPS) is 23.9. The number of thiophene rings is 1. The van der Waals surface area contributed by atoms with E-state index in [1.165, 1.54) is 24.2 Å². The summed E-state index contributed by atoms with van der Waals surface area (Å²) in [5.74, 6) is 0.472. The Balaban J connectivity index is 2.08. The third-order valence-corrected chi connectivity index (χ3v) is 4.80. The molecule has 3 nitrogen and oxygen atoms in total. The number of hydrogen-bond acceptors (Lipinski definition) is 3. The number of carbonyl (C=O) groups is 1. The monoisotopic (exact) mass is 268 g/mol. The van der Waals surface area contributed by atoms with Crippen LogP contribution in [-0.2, 0) is 6.42 Å². The van der Waals surface area contributed by atoms with Crippen LogP contribution in [0.15, 0.2) is 6.07 Å². The molecule has 2 rings (SSSR count). The lowest BCUT2D eigenvalue weighted by atomic mass is 9.89. The minimum Gasteiger partial charge on any atom is -0.489 e. The minimum atomic E-state index is -0.876. The molecule has 0 aliphatic heterocycles. The number of aromatic carboxylic acids is 1. The maximum atomic E-state index is 11.2. The predicted molar refractivity (Wildman–Crippen MR) is 72.7 cm³/mol. The zero-order valence-electron chi connectivity index (χ0n) is 10.9. The van der Waals surface area contributed by atoms with E-state index in [4.69, 9.17) is 4.74 Å². The molecule has 0 atom stereocenters. The van der Waals surface area contributed by atoms with Crippen molar-refractivity contribution in [3.63, 3.8) is 0 Å². The van der Waals surface area contributed by atoms with E-state index in [9.17, 15) is 9.90 Å². The molecule has 18 heavy (non-hydrogen) atoms. The van der Waals surface area contributed by atoms with E-state index < -0.39 is 5.97 Å². The number of rotatable bonds is 4. The summed E-state index contributed by atoms with van der Waals surface area (Å²) in [7, 11) is 0. The van der Waals surface area contributed by atoms with Gasteiger partial charge in [-0.3, -0.25) is 0 Å². The summed E-state index contributed by atoms with van der Waals surface area (Å²) in [5.41, 5.74) is 0. The summed E-state index contributed by atoms with van der Waals surface area (Å²) in [6, 6.07) is 1.89. The van der Waals surface area contributed by atoms with Crippen molar-refractivity contribution in [3.8, 4) is 5.75 Å². The Morgan fingerprint density at radius 3 is 2.67 bits per heavy atom. The van der Waals surface area contributed by atoms with Gasteiger partial charge in [-0.05, 0) is 44.1 Å². The van der Waals surface area contributed by atoms with E-state index in [1.54, 1.807) is 0 Å². The van der Waals surface area contributed by atoms with Gasteiger partial charge in [0, 0.05) is 4.88 Å². The fourth-order valence-electron chi connectivity index (χ4n) is 2.36. The van der Waals surface area contributed by atoms with Crippen LogP contribution in [0.3, 0.4) is 0 Å². The lowest BCUT2D eigenvalue weighted by Gasteiger charge is -2.26. The van der Waals surface area contributed by atoms with Gasteiger partial charge in [0.25, 0.3) is 0 Å². The highest BCUT2D eigenvalue weighted by molar-refractivity contribution is 7.14. The van der Waals surface area contributed by atoms with E-state index in [1.807, 2.05) is 13.0 Å². The third-order valence-electron chi connectivity index (χ3n) is 3.55. The van der Waals surface area contributed by atoms with Crippen LogP contribution in [0, 0.1) is 5.92 Å². The summed E-state index contributed by atoms with van der Waals surface area (Å²) < 4.78 is 5.91. The Morgan fingerprint density at radius 2 is 2.11 bits per heavy atom. The standard InChI is InChI=1S/C14H20O3S/c1-3-11-8-12(13(18-11)14(15)16)17-10-6-4-9(2)5-7-10/h8-10H,3-7H2,1-2H3,(H,15,16). The molecular formula is C14H20O3S. The maximum Gasteiger partial charge on any atom is 0.349 e. The molecule has 0 saturated heterocycles. The Kier molecular flexibility index (Phi) is 4.27. The molecule has 4 heteroatoms. The molecule has 0 bridgehead atoms. The van der Waals surface area contributed by atoms with Gasteiger partial charge in [0.1, 0.15) is 5.75 Å². The maximum absolute atomic E-state index is 11.2. The molecule has 1 aromatic rings. The van der Waals surface area contributed by atoms with Gasteiger partial charge in [0.15, 0.2) is 4.88 Å². The molecule has 100 valence electrons. The SMILES string of the molecule is CCc1cc(OC2CCC(C)CC2)c(C(=O)O)s1. The second kappa shape index (κ2) is 5.74. The Hall–Kier alpha value is -1.03. The summed E-state index contributed by atoms with van der Waals surface area (Å²) in [4.78, 5) is 12.6. The van der Waals surface area contributed by atoms with Crippen LogP contribution in [0.2, 0.25) is 0 Å². The molecule has 1 saturated carbocycles. The largest absolute Gasteiger partial charge is 0.489 e. The first-order valence-electron chi connectivity index (χ1n) is 6.62. The summed E-state index contributed by atoms with van der Waals surface area (Å²) >= 11 is 1.33.